The quantitative estimate of drug-likeness (QED) is 0.911. The van der Waals surface area contributed by atoms with Gasteiger partial charge in [0.25, 0.3) is 0 Å². The van der Waals surface area contributed by atoms with Gasteiger partial charge in [0.15, 0.2) is 11.5 Å². The van der Waals surface area contributed by atoms with Gasteiger partial charge in [-0.2, -0.15) is 0 Å². The van der Waals surface area contributed by atoms with Gasteiger partial charge in [-0.3, -0.25) is 0 Å². The number of rotatable bonds is 5. The molecule has 0 aliphatic rings. The average molecular weight is 306 g/mol. The second kappa shape index (κ2) is 6.83. The van der Waals surface area contributed by atoms with E-state index in [1.807, 2.05) is 43.3 Å². The molecule has 0 aromatic heterocycles. The number of aryl methyl sites for hydroxylation is 1. The fourth-order valence-corrected chi connectivity index (χ4v) is 2.56. The van der Waals surface area contributed by atoms with Gasteiger partial charge in [-0.25, -0.2) is 0 Å². The highest BCUT2D eigenvalue weighted by atomic mass is 35.5. The van der Waals surface area contributed by atoms with Crippen molar-refractivity contribution in [2.24, 2.45) is 5.73 Å². The van der Waals surface area contributed by atoms with Crippen molar-refractivity contribution in [3.8, 4) is 11.5 Å². The smallest absolute Gasteiger partial charge is 0.160 e. The summed E-state index contributed by atoms with van der Waals surface area (Å²) in [7, 11) is 3.25. The van der Waals surface area contributed by atoms with Crippen LogP contribution >= 0.6 is 11.6 Å². The van der Waals surface area contributed by atoms with Crippen LogP contribution in [0.25, 0.3) is 0 Å². The molecule has 2 aromatic carbocycles. The molecule has 0 aliphatic carbocycles. The molecule has 0 saturated heterocycles. The third-order valence-electron chi connectivity index (χ3n) is 3.54. The van der Waals surface area contributed by atoms with Crippen molar-refractivity contribution in [3.63, 3.8) is 0 Å². The lowest BCUT2D eigenvalue weighted by Gasteiger charge is -2.16. The second-order valence-corrected chi connectivity index (χ2v) is 5.44. The summed E-state index contributed by atoms with van der Waals surface area (Å²) in [5.41, 5.74) is 9.64. The van der Waals surface area contributed by atoms with E-state index in [0.29, 0.717) is 22.9 Å². The Kier molecular flexibility index (Phi) is 5.10. The van der Waals surface area contributed by atoms with Gasteiger partial charge in [0.2, 0.25) is 0 Å². The summed E-state index contributed by atoms with van der Waals surface area (Å²) in [6.07, 6.45) is 0.710. The Bertz CT molecular complexity index is 628. The summed E-state index contributed by atoms with van der Waals surface area (Å²) in [4.78, 5) is 0. The molecule has 0 saturated carbocycles. The van der Waals surface area contributed by atoms with E-state index >= 15 is 0 Å². The van der Waals surface area contributed by atoms with E-state index in [4.69, 9.17) is 26.8 Å². The predicted octanol–water partition coefficient (Wildman–Crippen LogP) is 3.91. The van der Waals surface area contributed by atoms with E-state index in [-0.39, 0.29) is 6.04 Å². The first kappa shape index (κ1) is 15.7. The molecule has 21 heavy (non-hydrogen) atoms. The molecule has 2 rings (SSSR count). The molecule has 0 spiro atoms. The summed E-state index contributed by atoms with van der Waals surface area (Å²) < 4.78 is 10.6. The lowest BCUT2D eigenvalue weighted by molar-refractivity contribution is 0.354. The number of ether oxygens (including phenoxy) is 2. The Morgan fingerprint density at radius 2 is 1.76 bits per heavy atom. The number of hydrogen-bond donors (Lipinski definition) is 1. The molecule has 4 heteroatoms. The SMILES string of the molecule is COc1ccc(CC(N)c2cc(Cl)ccc2C)cc1OC. The van der Waals surface area contributed by atoms with Gasteiger partial charge in [-0.15, -0.1) is 0 Å². The first-order valence-electron chi connectivity index (χ1n) is 6.77. The van der Waals surface area contributed by atoms with E-state index in [9.17, 15) is 0 Å². The normalized spacial score (nSPS) is 12.0. The van der Waals surface area contributed by atoms with Gasteiger partial charge >= 0.3 is 0 Å². The van der Waals surface area contributed by atoms with Crippen LogP contribution in [0.2, 0.25) is 5.02 Å². The van der Waals surface area contributed by atoms with E-state index in [1.165, 1.54) is 0 Å². The third-order valence-corrected chi connectivity index (χ3v) is 3.78. The monoisotopic (exact) mass is 305 g/mol. The summed E-state index contributed by atoms with van der Waals surface area (Å²) in [6.45, 7) is 2.04. The molecule has 2 N–H and O–H groups in total. The molecule has 0 aliphatic heterocycles. The number of methoxy groups -OCH3 is 2. The van der Waals surface area contributed by atoms with Crippen LogP contribution in [0.3, 0.4) is 0 Å². The lowest BCUT2D eigenvalue weighted by atomic mass is 9.96. The highest BCUT2D eigenvalue weighted by Crippen LogP contribution is 2.30. The zero-order valence-corrected chi connectivity index (χ0v) is 13.3. The Hall–Kier alpha value is -1.71. The molecular weight excluding hydrogens is 286 g/mol. The van der Waals surface area contributed by atoms with Gasteiger partial charge in [0, 0.05) is 11.1 Å². The molecule has 0 amide bonds. The van der Waals surface area contributed by atoms with Crippen LogP contribution in [0.5, 0.6) is 11.5 Å². The Morgan fingerprint density at radius 1 is 1.05 bits per heavy atom. The van der Waals surface area contributed by atoms with Crippen molar-refractivity contribution in [1.82, 2.24) is 0 Å². The van der Waals surface area contributed by atoms with Gasteiger partial charge < -0.3 is 15.2 Å². The van der Waals surface area contributed by atoms with E-state index < -0.39 is 0 Å². The first-order chi connectivity index (χ1) is 10.0. The largest absolute Gasteiger partial charge is 0.493 e. The van der Waals surface area contributed by atoms with E-state index in [2.05, 4.69) is 0 Å². The molecule has 2 aromatic rings. The summed E-state index contributed by atoms with van der Waals surface area (Å²) in [6, 6.07) is 11.5. The summed E-state index contributed by atoms with van der Waals surface area (Å²) >= 11 is 6.06. The molecule has 0 heterocycles. The molecular formula is C17H20ClNO2. The first-order valence-corrected chi connectivity index (χ1v) is 7.15. The van der Waals surface area contributed by atoms with Gasteiger partial charge in [0.1, 0.15) is 0 Å². The number of benzene rings is 2. The van der Waals surface area contributed by atoms with Gasteiger partial charge in [-0.1, -0.05) is 23.7 Å². The molecule has 0 fully saturated rings. The van der Waals surface area contributed by atoms with Crippen molar-refractivity contribution >= 4 is 11.6 Å². The highest BCUT2D eigenvalue weighted by molar-refractivity contribution is 6.30. The molecule has 1 unspecified atom stereocenters. The van der Waals surface area contributed by atoms with Crippen molar-refractivity contribution in [3.05, 3.63) is 58.1 Å². The molecule has 0 radical (unpaired) electrons. The lowest BCUT2D eigenvalue weighted by Crippen LogP contribution is -2.14. The maximum atomic E-state index is 6.33. The Labute approximate surface area is 130 Å². The second-order valence-electron chi connectivity index (χ2n) is 5.00. The number of hydrogen-bond acceptors (Lipinski definition) is 3. The molecule has 1 atom stereocenters. The molecule has 112 valence electrons. The van der Waals surface area contributed by atoms with Crippen LogP contribution in [0.15, 0.2) is 36.4 Å². The fraction of sp³-hybridized carbons (Fsp3) is 0.294. The van der Waals surface area contributed by atoms with Crippen molar-refractivity contribution < 1.29 is 9.47 Å². The van der Waals surface area contributed by atoms with Crippen LogP contribution < -0.4 is 15.2 Å². The fourth-order valence-electron chi connectivity index (χ4n) is 2.38. The molecule has 0 bridgehead atoms. The van der Waals surface area contributed by atoms with Crippen molar-refractivity contribution in [1.29, 1.82) is 0 Å². The maximum Gasteiger partial charge on any atom is 0.160 e. The minimum Gasteiger partial charge on any atom is -0.493 e. The minimum atomic E-state index is -0.109. The maximum absolute atomic E-state index is 6.33. The molecule has 3 nitrogen and oxygen atoms in total. The summed E-state index contributed by atoms with van der Waals surface area (Å²) in [5.74, 6) is 1.43. The van der Waals surface area contributed by atoms with Gasteiger partial charge in [0.05, 0.1) is 14.2 Å². The van der Waals surface area contributed by atoms with Crippen molar-refractivity contribution in [2.75, 3.05) is 14.2 Å². The van der Waals surface area contributed by atoms with Crippen LogP contribution in [0, 0.1) is 6.92 Å². The van der Waals surface area contributed by atoms with E-state index in [0.717, 1.165) is 16.7 Å². The van der Waals surface area contributed by atoms with Gasteiger partial charge in [-0.05, 0) is 54.3 Å². The van der Waals surface area contributed by atoms with Crippen LogP contribution in [0.1, 0.15) is 22.7 Å². The predicted molar refractivity (Wildman–Crippen MR) is 86.4 cm³/mol. The van der Waals surface area contributed by atoms with Crippen LogP contribution in [0.4, 0.5) is 0 Å². The third kappa shape index (κ3) is 3.69. The van der Waals surface area contributed by atoms with E-state index in [1.54, 1.807) is 14.2 Å². The number of halogens is 1. The van der Waals surface area contributed by atoms with Crippen molar-refractivity contribution in [2.45, 2.75) is 19.4 Å². The van der Waals surface area contributed by atoms with Crippen LogP contribution in [-0.2, 0) is 6.42 Å². The topological polar surface area (TPSA) is 44.5 Å². The van der Waals surface area contributed by atoms with Crippen LogP contribution in [-0.4, -0.2) is 14.2 Å². The average Bonchev–Trinajstić information content (AvgIpc) is 2.49. The Morgan fingerprint density at radius 3 is 2.43 bits per heavy atom. The zero-order chi connectivity index (χ0) is 15.4. The number of nitrogens with two attached hydrogens (primary N) is 1. The standard InChI is InChI=1S/C17H20ClNO2/c1-11-4-6-13(18)10-14(11)15(19)8-12-5-7-16(20-2)17(9-12)21-3/h4-7,9-10,15H,8,19H2,1-3H3. The zero-order valence-electron chi connectivity index (χ0n) is 12.5. The minimum absolute atomic E-state index is 0.109. The summed E-state index contributed by atoms with van der Waals surface area (Å²) in [5, 5.41) is 0.707. The highest BCUT2D eigenvalue weighted by Gasteiger charge is 2.12. The Balaban J connectivity index is 2.23.